The van der Waals surface area contributed by atoms with Gasteiger partial charge in [0.05, 0.1) is 5.69 Å². The van der Waals surface area contributed by atoms with Crippen LogP contribution in [0.4, 0.5) is 17.1 Å². The molecule has 11 rings (SSSR count). The molecular formula is C60H49N. The third-order valence-corrected chi connectivity index (χ3v) is 14.2. The van der Waals surface area contributed by atoms with E-state index >= 15 is 0 Å². The van der Waals surface area contributed by atoms with Crippen molar-refractivity contribution in [2.75, 3.05) is 4.90 Å². The Hall–Kier alpha value is -6.96. The van der Waals surface area contributed by atoms with E-state index in [-0.39, 0.29) is 16.2 Å². The fourth-order valence-electron chi connectivity index (χ4n) is 11.0. The molecule has 1 heteroatoms. The van der Waals surface area contributed by atoms with E-state index in [1.807, 2.05) is 0 Å². The summed E-state index contributed by atoms with van der Waals surface area (Å²) in [6, 6.07) is 77.0. The van der Waals surface area contributed by atoms with Crippen LogP contribution in [0, 0.1) is 0 Å². The topological polar surface area (TPSA) is 3.24 Å². The average Bonchev–Trinajstić information content (AvgIpc) is 3.69. The monoisotopic (exact) mass is 783 g/mol. The molecule has 9 aromatic carbocycles. The summed E-state index contributed by atoms with van der Waals surface area (Å²) in [6.07, 6.45) is 0. The van der Waals surface area contributed by atoms with Gasteiger partial charge >= 0.3 is 0 Å². The Morgan fingerprint density at radius 1 is 0.377 bits per heavy atom. The summed E-state index contributed by atoms with van der Waals surface area (Å²) in [6.45, 7) is 11.9. The van der Waals surface area contributed by atoms with Crippen LogP contribution in [0.5, 0.6) is 0 Å². The fourth-order valence-corrected chi connectivity index (χ4v) is 11.0. The molecule has 0 radical (unpaired) electrons. The second kappa shape index (κ2) is 13.8. The summed E-state index contributed by atoms with van der Waals surface area (Å²) in [4.78, 5) is 2.52. The van der Waals surface area contributed by atoms with Crippen LogP contribution in [-0.2, 0) is 16.2 Å². The molecule has 61 heavy (non-hydrogen) atoms. The number of hydrogen-bond acceptors (Lipinski definition) is 1. The van der Waals surface area contributed by atoms with Gasteiger partial charge in [-0.3, -0.25) is 0 Å². The summed E-state index contributed by atoms with van der Waals surface area (Å²) in [7, 11) is 0. The van der Waals surface area contributed by atoms with E-state index in [2.05, 4.69) is 246 Å². The standard InChI is InChI=1S/C60H49N/c1-58(2)52-29-16-15-26-48(52)51-39-45(36-37-54(51)58)61(44-34-32-43(33-35-44)60(5,41-20-8-6-9-21-41)42-22-10-7-11-23-42)55-38-31-40-19-12-13-24-46(40)56(55)50-28-18-27-49-47-25-14-17-30-53(47)59(3,4)57(49)50/h6-39H,1-5H3. The Morgan fingerprint density at radius 2 is 0.885 bits per heavy atom. The first-order valence-electron chi connectivity index (χ1n) is 21.7. The lowest BCUT2D eigenvalue weighted by atomic mass is 9.71. The largest absolute Gasteiger partial charge is 0.310 e. The van der Waals surface area contributed by atoms with Crippen LogP contribution in [0.2, 0.25) is 0 Å². The number of rotatable bonds is 7. The van der Waals surface area contributed by atoms with Crippen molar-refractivity contribution < 1.29 is 0 Å². The van der Waals surface area contributed by atoms with Gasteiger partial charge in [-0.15, -0.1) is 0 Å². The summed E-state index contributed by atoms with van der Waals surface area (Å²) < 4.78 is 0. The van der Waals surface area contributed by atoms with Crippen LogP contribution >= 0.6 is 0 Å². The molecule has 2 aliphatic carbocycles. The molecule has 0 bridgehead atoms. The summed E-state index contributed by atoms with van der Waals surface area (Å²) in [5.41, 5.74) is 19.9. The lowest BCUT2D eigenvalue weighted by molar-refractivity contribution is 0.660. The molecule has 0 atom stereocenters. The predicted molar refractivity (Wildman–Crippen MR) is 258 cm³/mol. The Morgan fingerprint density at radius 3 is 1.57 bits per heavy atom. The van der Waals surface area contributed by atoms with Gasteiger partial charge in [-0.1, -0.05) is 204 Å². The smallest absolute Gasteiger partial charge is 0.0546 e. The molecule has 0 spiro atoms. The summed E-state index contributed by atoms with van der Waals surface area (Å²) in [5, 5.41) is 2.48. The maximum atomic E-state index is 2.52. The first-order valence-corrected chi connectivity index (χ1v) is 21.7. The number of anilines is 3. The van der Waals surface area contributed by atoms with Crippen LogP contribution in [0.1, 0.15) is 73.6 Å². The van der Waals surface area contributed by atoms with Gasteiger partial charge in [0.15, 0.2) is 0 Å². The van der Waals surface area contributed by atoms with E-state index in [4.69, 9.17) is 0 Å². The SMILES string of the molecule is CC1(C)c2ccccc2-c2cc(N(c3ccc(C(C)(c4ccccc4)c4ccccc4)cc3)c3ccc4ccccc4c3-c3cccc4c3C(C)(C)c3ccccc3-4)ccc21. The second-order valence-corrected chi connectivity index (χ2v) is 18.2. The summed E-state index contributed by atoms with van der Waals surface area (Å²) >= 11 is 0. The van der Waals surface area contributed by atoms with E-state index in [1.54, 1.807) is 0 Å². The lowest BCUT2D eigenvalue weighted by Crippen LogP contribution is -2.25. The molecule has 2 aliphatic rings. The van der Waals surface area contributed by atoms with Crippen LogP contribution in [0.15, 0.2) is 206 Å². The highest BCUT2D eigenvalue weighted by atomic mass is 15.1. The van der Waals surface area contributed by atoms with Crippen molar-refractivity contribution in [2.45, 2.75) is 50.9 Å². The average molecular weight is 784 g/mol. The molecule has 0 aromatic heterocycles. The molecule has 0 fully saturated rings. The Kier molecular flexibility index (Phi) is 8.38. The van der Waals surface area contributed by atoms with E-state index in [0.29, 0.717) is 0 Å². The molecule has 1 nitrogen and oxygen atoms in total. The minimum Gasteiger partial charge on any atom is -0.310 e. The summed E-state index contributed by atoms with van der Waals surface area (Å²) in [5.74, 6) is 0. The zero-order valence-corrected chi connectivity index (χ0v) is 35.6. The van der Waals surface area contributed by atoms with Crippen LogP contribution in [0.3, 0.4) is 0 Å². The molecule has 0 amide bonds. The predicted octanol–water partition coefficient (Wildman–Crippen LogP) is 15.9. The minimum absolute atomic E-state index is 0.0877. The minimum atomic E-state index is -0.353. The number of benzene rings is 9. The molecule has 9 aromatic rings. The van der Waals surface area contributed by atoms with Crippen molar-refractivity contribution in [1.82, 2.24) is 0 Å². The van der Waals surface area contributed by atoms with Crippen LogP contribution < -0.4 is 4.90 Å². The van der Waals surface area contributed by atoms with Gasteiger partial charge in [-0.05, 0) is 115 Å². The van der Waals surface area contributed by atoms with Gasteiger partial charge in [0.1, 0.15) is 0 Å². The fraction of sp³-hybridized carbons (Fsp3) is 0.133. The molecule has 0 N–H and O–H groups in total. The van der Waals surface area contributed by atoms with Crippen molar-refractivity contribution in [2.24, 2.45) is 0 Å². The van der Waals surface area contributed by atoms with Crippen molar-refractivity contribution in [3.63, 3.8) is 0 Å². The van der Waals surface area contributed by atoms with E-state index in [9.17, 15) is 0 Å². The highest BCUT2D eigenvalue weighted by Crippen LogP contribution is 2.56. The number of hydrogen-bond donors (Lipinski definition) is 0. The molecule has 0 unspecified atom stereocenters. The van der Waals surface area contributed by atoms with E-state index in [0.717, 1.165) is 17.1 Å². The Labute approximate surface area is 360 Å². The number of fused-ring (bicyclic) bond motifs is 7. The maximum Gasteiger partial charge on any atom is 0.0546 e. The van der Waals surface area contributed by atoms with Crippen molar-refractivity contribution in [1.29, 1.82) is 0 Å². The van der Waals surface area contributed by atoms with Gasteiger partial charge < -0.3 is 4.90 Å². The van der Waals surface area contributed by atoms with Crippen LogP contribution in [-0.4, -0.2) is 0 Å². The molecular weight excluding hydrogens is 735 g/mol. The quantitative estimate of drug-likeness (QED) is 0.146. The number of nitrogens with zero attached hydrogens (tertiary/aromatic N) is 1. The van der Waals surface area contributed by atoms with Crippen molar-refractivity contribution >= 4 is 27.8 Å². The highest BCUT2D eigenvalue weighted by Gasteiger charge is 2.39. The normalized spacial score (nSPS) is 14.2. The lowest BCUT2D eigenvalue weighted by Gasteiger charge is -2.34. The van der Waals surface area contributed by atoms with Crippen molar-refractivity contribution in [3.05, 3.63) is 245 Å². The highest BCUT2D eigenvalue weighted by molar-refractivity contribution is 6.08. The Balaban J connectivity index is 1.18. The first kappa shape index (κ1) is 37.1. The molecule has 0 aliphatic heterocycles. The van der Waals surface area contributed by atoms with E-state index in [1.165, 1.54) is 83.1 Å². The van der Waals surface area contributed by atoms with Gasteiger partial charge in [0.2, 0.25) is 0 Å². The van der Waals surface area contributed by atoms with Crippen molar-refractivity contribution in [3.8, 4) is 33.4 Å². The van der Waals surface area contributed by atoms with Crippen LogP contribution in [0.25, 0.3) is 44.2 Å². The maximum absolute atomic E-state index is 2.52. The van der Waals surface area contributed by atoms with Gasteiger partial charge in [-0.2, -0.15) is 0 Å². The zero-order valence-electron chi connectivity index (χ0n) is 35.6. The molecule has 0 saturated carbocycles. The zero-order chi connectivity index (χ0) is 41.5. The van der Waals surface area contributed by atoms with Gasteiger partial charge in [0, 0.05) is 33.2 Å². The van der Waals surface area contributed by atoms with Gasteiger partial charge in [0.25, 0.3) is 0 Å². The third-order valence-electron chi connectivity index (χ3n) is 14.2. The molecule has 0 saturated heterocycles. The molecule has 294 valence electrons. The van der Waals surface area contributed by atoms with Gasteiger partial charge in [-0.25, -0.2) is 0 Å². The third kappa shape index (κ3) is 5.53. The molecule has 0 heterocycles. The first-order chi connectivity index (χ1) is 29.7. The second-order valence-electron chi connectivity index (χ2n) is 18.2. The van der Waals surface area contributed by atoms with E-state index < -0.39 is 0 Å². The Bertz CT molecular complexity index is 3090.